The molecule has 2 bridgehead atoms. The van der Waals surface area contributed by atoms with E-state index < -0.39 is 66.5 Å². The van der Waals surface area contributed by atoms with E-state index in [1.165, 1.54) is 24.3 Å². The number of hydrogen-bond acceptors (Lipinski definition) is 9. The van der Waals surface area contributed by atoms with Gasteiger partial charge < -0.3 is 35.8 Å². The van der Waals surface area contributed by atoms with Crippen LogP contribution in [-0.4, -0.2) is 70.8 Å². The van der Waals surface area contributed by atoms with Crippen LogP contribution >= 0.6 is 11.8 Å². The SMILES string of the molecule is O=C1COc2ccc(cc2)C(C(=O)O)NC(=O)[C@H](Cc2ccccc2)NC(=O)[C@H](Cc2ccc(-c3ccc(NC(=O)OCc4ccccc4)cc3)cc2)NC(=O)[C@H](CC2CC=CS2)N1. The maximum absolute atomic E-state index is 14.5. The van der Waals surface area contributed by atoms with E-state index in [-0.39, 0.29) is 42.4 Å². The third-order valence-corrected chi connectivity index (χ3v) is 11.8. The summed E-state index contributed by atoms with van der Waals surface area (Å²) in [6, 6.07) is 33.8. The van der Waals surface area contributed by atoms with Crippen molar-refractivity contribution in [3.63, 3.8) is 0 Å². The standard InChI is InChI=1S/C49H47N5O9S/c55-43-30-62-38-23-19-36(20-24-38)44(48(59)60)54-47(58)41(26-31-8-3-1-4-9-31)53-45(56)40(52-46(57)42(51-43)28-39-12-7-25-64-39)27-32-13-15-34(16-14-32)35-17-21-37(22-18-35)50-49(61)63-29-33-10-5-2-6-11-33/h1-11,13-25,39-42,44H,12,26-30H2,(H,50,61)(H,51,55)(H,52,57)(H,53,56)(H,54,58)(H,59,60)/t39?,40-,41-,42-,44?/m0/s1. The summed E-state index contributed by atoms with van der Waals surface area (Å²) in [5.74, 6) is -3.66. The highest BCUT2D eigenvalue weighted by Crippen LogP contribution is 2.28. The second-order valence-corrected chi connectivity index (χ2v) is 16.5. The number of nitrogens with one attached hydrogen (secondary N) is 5. The average Bonchev–Trinajstić information content (AvgIpc) is 3.83. The predicted octanol–water partition coefficient (Wildman–Crippen LogP) is 6.09. The van der Waals surface area contributed by atoms with Gasteiger partial charge in [-0.1, -0.05) is 115 Å². The molecule has 14 nitrogen and oxygen atoms in total. The summed E-state index contributed by atoms with van der Waals surface area (Å²) < 4.78 is 11.0. The lowest BCUT2D eigenvalue weighted by Crippen LogP contribution is -2.58. The van der Waals surface area contributed by atoms with Gasteiger partial charge in [-0.3, -0.25) is 24.5 Å². The van der Waals surface area contributed by atoms with Crippen molar-refractivity contribution in [2.24, 2.45) is 0 Å². The Hall–Kier alpha value is -7.39. The zero-order valence-corrected chi connectivity index (χ0v) is 35.4. The molecule has 0 radical (unpaired) electrons. The smallest absolute Gasteiger partial charge is 0.411 e. The summed E-state index contributed by atoms with van der Waals surface area (Å²) in [4.78, 5) is 80.9. The molecule has 5 aromatic carbocycles. The van der Waals surface area contributed by atoms with Gasteiger partial charge in [-0.2, -0.15) is 0 Å². The normalized spacial score (nSPS) is 20.3. The number of aliphatic carboxylic acids is 1. The molecule has 3 aliphatic heterocycles. The molecule has 3 aliphatic rings. The number of anilines is 1. The Morgan fingerprint density at radius 3 is 1.81 bits per heavy atom. The van der Waals surface area contributed by atoms with E-state index >= 15 is 0 Å². The third kappa shape index (κ3) is 12.6. The van der Waals surface area contributed by atoms with E-state index in [4.69, 9.17) is 9.47 Å². The molecule has 0 saturated carbocycles. The van der Waals surface area contributed by atoms with Crippen molar-refractivity contribution in [3.8, 4) is 16.9 Å². The molecule has 0 saturated heterocycles. The minimum Gasteiger partial charge on any atom is -0.484 e. The number of hydrogen-bond donors (Lipinski definition) is 6. The summed E-state index contributed by atoms with van der Waals surface area (Å²) in [5.41, 5.74) is 4.73. The van der Waals surface area contributed by atoms with Gasteiger partial charge in [-0.15, -0.1) is 11.8 Å². The van der Waals surface area contributed by atoms with Crippen molar-refractivity contribution < 1.29 is 43.3 Å². The van der Waals surface area contributed by atoms with Crippen LogP contribution in [-0.2, 0) is 48.2 Å². The summed E-state index contributed by atoms with van der Waals surface area (Å²) in [6.07, 6.45) is 2.38. The molecule has 3 heterocycles. The highest BCUT2D eigenvalue weighted by molar-refractivity contribution is 8.03. The van der Waals surface area contributed by atoms with Crippen molar-refractivity contribution in [3.05, 3.63) is 167 Å². The van der Waals surface area contributed by atoms with Crippen molar-refractivity contribution >= 4 is 53.1 Å². The highest BCUT2D eigenvalue weighted by Gasteiger charge is 2.33. The molecule has 5 atom stereocenters. The summed E-state index contributed by atoms with van der Waals surface area (Å²) in [6.45, 7) is -0.296. The van der Waals surface area contributed by atoms with Gasteiger partial charge in [0.25, 0.3) is 5.91 Å². The molecule has 6 N–H and O–H groups in total. The summed E-state index contributed by atoms with van der Waals surface area (Å²) in [7, 11) is 0. The first-order valence-electron chi connectivity index (χ1n) is 20.7. The average molecular weight is 882 g/mol. The lowest BCUT2D eigenvalue weighted by atomic mass is 9.98. The number of ether oxygens (including phenoxy) is 2. The van der Waals surface area contributed by atoms with Gasteiger partial charge in [0.15, 0.2) is 12.6 Å². The first-order valence-corrected chi connectivity index (χ1v) is 21.7. The van der Waals surface area contributed by atoms with Crippen molar-refractivity contribution in [1.82, 2.24) is 21.3 Å². The molecular formula is C49H47N5O9S. The minimum absolute atomic E-state index is 0.00141. The molecule has 8 rings (SSSR count). The van der Waals surface area contributed by atoms with Crippen LogP contribution in [0.1, 0.15) is 41.1 Å². The number of carboxylic acids is 1. The Morgan fingerprint density at radius 1 is 0.656 bits per heavy atom. The summed E-state index contributed by atoms with van der Waals surface area (Å²) in [5, 5.41) is 25.9. The fourth-order valence-electron chi connectivity index (χ4n) is 7.25. The van der Waals surface area contributed by atoms with E-state index in [9.17, 15) is 33.9 Å². The Kier molecular flexibility index (Phi) is 15.1. The zero-order chi connectivity index (χ0) is 44.8. The number of fused-ring (bicyclic) bond motifs is 15. The van der Waals surface area contributed by atoms with Crippen LogP contribution in [0.4, 0.5) is 10.5 Å². The number of allylic oxidation sites excluding steroid dienone is 1. The van der Waals surface area contributed by atoms with Gasteiger partial charge >= 0.3 is 12.1 Å². The number of rotatable bonds is 11. The van der Waals surface area contributed by atoms with Crippen LogP contribution in [0, 0.1) is 0 Å². The van der Waals surface area contributed by atoms with E-state index in [1.807, 2.05) is 84.3 Å². The second kappa shape index (κ2) is 21.6. The number of benzene rings is 5. The maximum Gasteiger partial charge on any atom is 0.411 e. The lowest BCUT2D eigenvalue weighted by molar-refractivity contribution is -0.142. The molecule has 0 fully saturated rings. The lowest BCUT2D eigenvalue weighted by Gasteiger charge is -2.27. The second-order valence-electron chi connectivity index (χ2n) is 15.3. The zero-order valence-electron chi connectivity index (χ0n) is 34.6. The Morgan fingerprint density at radius 2 is 1.22 bits per heavy atom. The van der Waals surface area contributed by atoms with E-state index in [0.717, 1.165) is 16.7 Å². The Bertz CT molecular complexity index is 2440. The number of carbonyl (C=O) groups is 6. The van der Waals surface area contributed by atoms with Gasteiger partial charge in [0.05, 0.1) is 0 Å². The van der Waals surface area contributed by atoms with Gasteiger partial charge in [0.2, 0.25) is 17.7 Å². The van der Waals surface area contributed by atoms with E-state index in [1.54, 1.807) is 48.2 Å². The first kappa shape index (κ1) is 44.7. The molecule has 0 aliphatic carbocycles. The van der Waals surface area contributed by atoms with Crippen LogP contribution in [0.15, 0.2) is 145 Å². The molecule has 0 aromatic heterocycles. The Labute approximate surface area is 374 Å². The van der Waals surface area contributed by atoms with Crippen LogP contribution in [0.2, 0.25) is 0 Å². The molecule has 64 heavy (non-hydrogen) atoms. The molecule has 5 amide bonds. The molecule has 0 spiro atoms. The van der Waals surface area contributed by atoms with Crippen LogP contribution < -0.4 is 31.3 Å². The van der Waals surface area contributed by atoms with Crippen molar-refractivity contribution in [1.29, 1.82) is 0 Å². The molecule has 2 unspecified atom stereocenters. The third-order valence-electron chi connectivity index (χ3n) is 10.7. The quantitative estimate of drug-likeness (QED) is 0.0845. The number of thioether (sulfide) groups is 1. The minimum atomic E-state index is -1.48. The topological polar surface area (TPSA) is 201 Å². The monoisotopic (exact) mass is 881 g/mol. The van der Waals surface area contributed by atoms with Crippen molar-refractivity contribution in [2.75, 3.05) is 11.9 Å². The maximum atomic E-state index is 14.5. The molecule has 328 valence electrons. The van der Waals surface area contributed by atoms with E-state index in [0.29, 0.717) is 23.2 Å². The van der Waals surface area contributed by atoms with Gasteiger partial charge in [0, 0.05) is 23.8 Å². The highest BCUT2D eigenvalue weighted by atomic mass is 32.2. The first-order chi connectivity index (χ1) is 31.1. The van der Waals surface area contributed by atoms with E-state index in [2.05, 4.69) is 26.6 Å². The molecule has 5 aromatic rings. The van der Waals surface area contributed by atoms with Gasteiger partial charge in [-0.25, -0.2) is 9.59 Å². The van der Waals surface area contributed by atoms with Crippen LogP contribution in [0.5, 0.6) is 5.75 Å². The number of amides is 5. The molecule has 15 heteroatoms. The van der Waals surface area contributed by atoms with Gasteiger partial charge in [-0.05, 0) is 75.9 Å². The van der Waals surface area contributed by atoms with Crippen LogP contribution in [0.3, 0.4) is 0 Å². The number of carbonyl (C=O) groups excluding carboxylic acids is 5. The summed E-state index contributed by atoms with van der Waals surface area (Å²) >= 11 is 1.55. The molecular weight excluding hydrogens is 835 g/mol. The predicted molar refractivity (Wildman–Crippen MR) is 242 cm³/mol. The van der Waals surface area contributed by atoms with Crippen LogP contribution in [0.25, 0.3) is 11.1 Å². The largest absolute Gasteiger partial charge is 0.484 e. The van der Waals surface area contributed by atoms with Gasteiger partial charge in [0.1, 0.15) is 30.5 Å². The Balaban J connectivity index is 1.12. The van der Waals surface area contributed by atoms with Crippen molar-refractivity contribution in [2.45, 2.75) is 61.7 Å². The fraction of sp³-hybridized carbons (Fsp3) is 0.224. The fourth-order valence-corrected chi connectivity index (χ4v) is 8.22. The number of carboxylic acid groups (broad SMARTS) is 1.